The summed E-state index contributed by atoms with van der Waals surface area (Å²) in [6, 6.07) is -0.446. The Morgan fingerprint density at radius 1 is 1.75 bits per heavy atom. The van der Waals surface area contributed by atoms with E-state index in [1.54, 1.807) is 19.1 Å². The highest BCUT2D eigenvalue weighted by atomic mass is 16.6. The fourth-order valence-electron chi connectivity index (χ4n) is 2.06. The van der Waals surface area contributed by atoms with Gasteiger partial charge in [-0.15, -0.1) is 0 Å². The Hall–Kier alpha value is -1.27. The van der Waals surface area contributed by atoms with Gasteiger partial charge in [-0.05, 0) is 6.92 Å². The first kappa shape index (κ1) is 11.2. The van der Waals surface area contributed by atoms with Crippen LogP contribution in [0.2, 0.25) is 0 Å². The molecule has 1 spiro atoms. The monoisotopic (exact) mass is 226 g/mol. The van der Waals surface area contributed by atoms with Crippen molar-refractivity contribution in [3.8, 4) is 0 Å². The van der Waals surface area contributed by atoms with Gasteiger partial charge in [-0.25, -0.2) is 0 Å². The number of nitrogens with zero attached hydrogens (tertiary/aromatic N) is 1. The van der Waals surface area contributed by atoms with Gasteiger partial charge < -0.3 is 15.2 Å². The van der Waals surface area contributed by atoms with Crippen LogP contribution >= 0.6 is 0 Å². The summed E-state index contributed by atoms with van der Waals surface area (Å²) < 4.78 is 5.40. The van der Waals surface area contributed by atoms with Gasteiger partial charge in [-0.1, -0.05) is 17.3 Å². The van der Waals surface area contributed by atoms with Crippen molar-refractivity contribution in [3.05, 3.63) is 17.1 Å². The second kappa shape index (κ2) is 3.95. The molecule has 0 bridgehead atoms. The van der Waals surface area contributed by atoms with Crippen LogP contribution in [0, 0.1) is 10.8 Å². The maximum absolute atomic E-state index is 11.6. The number of carbonyl (C=O) groups is 1. The zero-order valence-electron chi connectivity index (χ0n) is 8.92. The minimum atomic E-state index is -0.618. The third-order valence-electron chi connectivity index (χ3n) is 3.05. The van der Waals surface area contributed by atoms with Crippen LogP contribution in [-0.4, -0.2) is 41.9 Å². The van der Waals surface area contributed by atoms with Crippen LogP contribution in [0.5, 0.6) is 0 Å². The number of amides is 1. The molecule has 88 valence electrons. The molecule has 0 aromatic rings. The maximum Gasteiger partial charge on any atom is 0.230 e. The summed E-state index contributed by atoms with van der Waals surface area (Å²) >= 11 is 0. The molecule has 1 fully saturated rings. The van der Waals surface area contributed by atoms with E-state index >= 15 is 0 Å². The van der Waals surface area contributed by atoms with Crippen molar-refractivity contribution in [2.45, 2.75) is 24.7 Å². The molecule has 16 heavy (non-hydrogen) atoms. The predicted molar refractivity (Wildman–Crippen MR) is 55.6 cm³/mol. The molecule has 6 nitrogen and oxygen atoms in total. The molecule has 0 aromatic heterocycles. The first-order chi connectivity index (χ1) is 7.65. The molecule has 4 atom stereocenters. The third kappa shape index (κ3) is 1.54. The van der Waals surface area contributed by atoms with Gasteiger partial charge >= 0.3 is 0 Å². The van der Waals surface area contributed by atoms with Crippen LogP contribution < -0.4 is 5.32 Å². The second-order valence-corrected chi connectivity index (χ2v) is 4.09. The van der Waals surface area contributed by atoms with E-state index in [0.29, 0.717) is 0 Å². The van der Waals surface area contributed by atoms with Gasteiger partial charge in [0.2, 0.25) is 5.91 Å². The van der Waals surface area contributed by atoms with Crippen LogP contribution in [0.3, 0.4) is 0 Å². The fraction of sp³-hybridized carbons (Fsp3) is 0.700. The summed E-state index contributed by atoms with van der Waals surface area (Å²) in [5.74, 6) is -0.551. The summed E-state index contributed by atoms with van der Waals surface area (Å²) in [6.45, 7) is 1.80. The number of hydrogen-bond acceptors (Lipinski definition) is 5. The lowest BCUT2D eigenvalue weighted by Gasteiger charge is -2.26. The van der Waals surface area contributed by atoms with Crippen LogP contribution in [0.4, 0.5) is 0 Å². The Labute approximate surface area is 92.6 Å². The summed E-state index contributed by atoms with van der Waals surface area (Å²) in [5.41, 5.74) is -0.618. The normalized spacial score (nSPS) is 36.6. The fourth-order valence-corrected chi connectivity index (χ4v) is 2.06. The number of aliphatic hydroxyl groups excluding tert-OH is 1. The minimum absolute atomic E-state index is 0.0915. The van der Waals surface area contributed by atoms with Crippen LogP contribution in [0.1, 0.15) is 6.92 Å². The molecule has 1 saturated heterocycles. The van der Waals surface area contributed by atoms with Gasteiger partial charge in [0.15, 0.2) is 0 Å². The first-order valence-corrected chi connectivity index (χ1v) is 5.24. The SMILES string of the molecule is CC(N=O)C1OC12C=CC2C(=O)NCCO. The minimum Gasteiger partial charge on any atom is -0.395 e. The summed E-state index contributed by atoms with van der Waals surface area (Å²) in [4.78, 5) is 22.0. The number of rotatable bonds is 5. The highest BCUT2D eigenvalue weighted by Gasteiger charge is 2.67. The predicted octanol–water partition coefficient (Wildman–Crippen LogP) is -0.427. The van der Waals surface area contributed by atoms with Crippen molar-refractivity contribution < 1.29 is 14.6 Å². The number of hydrogen-bond donors (Lipinski definition) is 2. The Morgan fingerprint density at radius 3 is 3.00 bits per heavy atom. The van der Waals surface area contributed by atoms with E-state index in [4.69, 9.17) is 9.84 Å². The molecule has 4 unspecified atom stereocenters. The number of ether oxygens (including phenoxy) is 1. The van der Waals surface area contributed by atoms with Crippen LogP contribution in [0.25, 0.3) is 0 Å². The van der Waals surface area contributed by atoms with Gasteiger partial charge in [0.1, 0.15) is 17.7 Å². The van der Waals surface area contributed by atoms with Gasteiger partial charge in [-0.2, -0.15) is 4.91 Å². The third-order valence-corrected chi connectivity index (χ3v) is 3.05. The molecule has 1 amide bonds. The second-order valence-electron chi connectivity index (χ2n) is 4.09. The average Bonchev–Trinajstić information content (AvgIpc) is 3.01. The van der Waals surface area contributed by atoms with Crippen molar-refractivity contribution in [2.24, 2.45) is 11.1 Å². The van der Waals surface area contributed by atoms with Crippen molar-refractivity contribution in [2.75, 3.05) is 13.2 Å². The topological polar surface area (TPSA) is 91.3 Å². The van der Waals surface area contributed by atoms with Crippen molar-refractivity contribution in [3.63, 3.8) is 0 Å². The zero-order valence-corrected chi connectivity index (χ0v) is 8.92. The number of aliphatic hydroxyl groups is 1. The Balaban J connectivity index is 1.94. The number of epoxide rings is 1. The maximum atomic E-state index is 11.6. The van der Waals surface area contributed by atoms with E-state index in [2.05, 4.69) is 10.5 Å². The van der Waals surface area contributed by atoms with Gasteiger partial charge in [-0.3, -0.25) is 4.79 Å². The van der Waals surface area contributed by atoms with E-state index < -0.39 is 11.6 Å². The highest BCUT2D eigenvalue weighted by molar-refractivity contribution is 5.85. The molecule has 2 rings (SSSR count). The Kier molecular flexibility index (Phi) is 2.77. The van der Waals surface area contributed by atoms with E-state index in [0.717, 1.165) is 0 Å². The summed E-state index contributed by atoms with van der Waals surface area (Å²) in [7, 11) is 0. The molecular formula is C10H14N2O4. The molecule has 0 radical (unpaired) electrons. The van der Waals surface area contributed by atoms with E-state index in [-0.39, 0.29) is 31.1 Å². The lowest BCUT2D eigenvalue weighted by Crippen LogP contribution is -2.45. The van der Waals surface area contributed by atoms with Gasteiger partial charge in [0.25, 0.3) is 0 Å². The van der Waals surface area contributed by atoms with E-state index in [9.17, 15) is 9.70 Å². The molecule has 0 aromatic carbocycles. The Morgan fingerprint density at radius 2 is 2.50 bits per heavy atom. The lowest BCUT2D eigenvalue weighted by atomic mass is 9.77. The van der Waals surface area contributed by atoms with Crippen molar-refractivity contribution >= 4 is 5.91 Å². The molecule has 1 heterocycles. The standard InChI is InChI=1S/C10H14N2O4/c1-6(12-15)8-10(16-8)3-2-7(10)9(14)11-4-5-13/h2-3,6-8,13H,4-5H2,1H3,(H,11,14). The molecule has 1 aliphatic heterocycles. The number of carbonyl (C=O) groups excluding carboxylic acids is 1. The Bertz CT molecular complexity index is 344. The van der Waals surface area contributed by atoms with Crippen LogP contribution in [-0.2, 0) is 9.53 Å². The smallest absolute Gasteiger partial charge is 0.230 e. The molecule has 0 saturated carbocycles. The largest absolute Gasteiger partial charge is 0.395 e. The number of nitroso groups, excluding NO2 is 1. The van der Waals surface area contributed by atoms with E-state index in [1.165, 1.54) is 0 Å². The van der Waals surface area contributed by atoms with Gasteiger partial charge in [0.05, 0.1) is 12.5 Å². The lowest BCUT2D eigenvalue weighted by molar-refractivity contribution is -0.125. The molecule has 2 N–H and O–H groups in total. The van der Waals surface area contributed by atoms with E-state index in [1.807, 2.05) is 0 Å². The molecular weight excluding hydrogens is 212 g/mol. The average molecular weight is 226 g/mol. The summed E-state index contributed by atoms with van der Waals surface area (Å²) in [6.07, 6.45) is 3.24. The van der Waals surface area contributed by atoms with Gasteiger partial charge in [0, 0.05) is 6.54 Å². The zero-order chi connectivity index (χ0) is 11.8. The summed E-state index contributed by atoms with van der Waals surface area (Å²) in [5, 5.41) is 14.1. The highest BCUT2D eigenvalue weighted by Crippen LogP contribution is 2.53. The van der Waals surface area contributed by atoms with Crippen molar-refractivity contribution in [1.29, 1.82) is 0 Å². The number of nitrogens with one attached hydrogen (secondary N) is 1. The molecule has 2 aliphatic rings. The first-order valence-electron chi connectivity index (χ1n) is 5.24. The quantitative estimate of drug-likeness (QED) is 0.378. The van der Waals surface area contributed by atoms with Crippen molar-refractivity contribution in [1.82, 2.24) is 5.32 Å². The molecule has 6 heteroatoms. The van der Waals surface area contributed by atoms with Crippen LogP contribution in [0.15, 0.2) is 17.3 Å². The molecule has 1 aliphatic carbocycles.